The van der Waals surface area contributed by atoms with E-state index in [1.807, 2.05) is 42.5 Å². The Kier molecular flexibility index (Phi) is 3.88. The fraction of sp³-hybridized carbons (Fsp3) is 0.111. The zero-order valence-corrected chi connectivity index (χ0v) is 13.4. The van der Waals surface area contributed by atoms with Gasteiger partial charge in [-0.3, -0.25) is 0 Å². The fourth-order valence-corrected chi connectivity index (χ4v) is 3.22. The number of fused-ring (bicyclic) bond motifs is 2. The van der Waals surface area contributed by atoms with Crippen LogP contribution in [0.3, 0.4) is 0 Å². The molecule has 0 saturated carbocycles. The molecule has 1 aliphatic heterocycles. The van der Waals surface area contributed by atoms with Crippen LogP contribution in [0.15, 0.2) is 48.5 Å². The summed E-state index contributed by atoms with van der Waals surface area (Å²) in [7, 11) is 0. The molecule has 3 aromatic rings. The summed E-state index contributed by atoms with van der Waals surface area (Å²) in [5.74, 6) is 0.984. The van der Waals surface area contributed by atoms with E-state index in [4.69, 9.17) is 14.2 Å². The van der Waals surface area contributed by atoms with E-state index >= 15 is 0 Å². The van der Waals surface area contributed by atoms with Crippen molar-refractivity contribution in [2.75, 3.05) is 6.79 Å². The van der Waals surface area contributed by atoms with Crippen LogP contribution in [0.1, 0.15) is 10.6 Å². The summed E-state index contributed by atoms with van der Waals surface area (Å²) in [4.78, 5) is 16.3. The molecule has 5 nitrogen and oxygen atoms in total. The third kappa shape index (κ3) is 3.09. The number of rotatable bonds is 4. The minimum atomic E-state index is -0.410. The zero-order chi connectivity index (χ0) is 16.4. The first-order valence-electron chi connectivity index (χ1n) is 7.37. The number of thiazole rings is 1. The monoisotopic (exact) mass is 339 g/mol. The van der Waals surface area contributed by atoms with Gasteiger partial charge in [0.2, 0.25) is 6.79 Å². The molecule has 0 N–H and O–H groups in total. The van der Waals surface area contributed by atoms with Crippen LogP contribution in [0.2, 0.25) is 0 Å². The second-order valence-electron chi connectivity index (χ2n) is 5.13. The number of hydrogen-bond acceptors (Lipinski definition) is 6. The van der Waals surface area contributed by atoms with Crippen molar-refractivity contribution >= 4 is 33.6 Å². The largest absolute Gasteiger partial charge is 0.455 e. The summed E-state index contributed by atoms with van der Waals surface area (Å²) in [6.45, 7) is 0.399. The van der Waals surface area contributed by atoms with Crippen molar-refractivity contribution in [2.24, 2.45) is 0 Å². The summed E-state index contributed by atoms with van der Waals surface area (Å²) in [6, 6.07) is 13.3. The number of carbonyl (C=O) groups excluding carboxylic acids is 1. The minimum Gasteiger partial charge on any atom is -0.455 e. The van der Waals surface area contributed by atoms with E-state index in [9.17, 15) is 4.79 Å². The van der Waals surface area contributed by atoms with Crippen molar-refractivity contribution in [1.29, 1.82) is 0 Å². The molecule has 0 spiro atoms. The van der Waals surface area contributed by atoms with Crippen molar-refractivity contribution in [3.05, 3.63) is 59.1 Å². The number of carbonyl (C=O) groups is 1. The number of esters is 1. The van der Waals surface area contributed by atoms with E-state index in [0.717, 1.165) is 20.8 Å². The molecule has 0 radical (unpaired) electrons. The van der Waals surface area contributed by atoms with Gasteiger partial charge in [-0.25, -0.2) is 9.78 Å². The van der Waals surface area contributed by atoms with E-state index in [0.29, 0.717) is 11.5 Å². The highest BCUT2D eigenvalue weighted by Crippen LogP contribution is 2.32. The molecule has 0 unspecified atom stereocenters. The number of benzene rings is 2. The first kappa shape index (κ1) is 14.7. The maximum absolute atomic E-state index is 11.9. The number of hydrogen-bond donors (Lipinski definition) is 0. The van der Waals surface area contributed by atoms with Crippen molar-refractivity contribution in [3.8, 4) is 11.5 Å². The maximum atomic E-state index is 11.9. The summed E-state index contributed by atoms with van der Waals surface area (Å²) in [5.41, 5.74) is 1.76. The average molecular weight is 339 g/mol. The van der Waals surface area contributed by atoms with Crippen LogP contribution >= 0.6 is 11.3 Å². The Bertz CT molecular complexity index is 899. The fourth-order valence-electron chi connectivity index (χ4n) is 2.34. The second-order valence-corrected chi connectivity index (χ2v) is 6.24. The van der Waals surface area contributed by atoms with E-state index in [1.165, 1.54) is 17.4 Å². The Morgan fingerprint density at radius 1 is 1.21 bits per heavy atom. The summed E-state index contributed by atoms with van der Waals surface area (Å²) in [6.07, 6.45) is 3.08. The highest BCUT2D eigenvalue weighted by Gasteiger charge is 2.12. The molecule has 2 aromatic carbocycles. The molecule has 0 bridgehead atoms. The lowest BCUT2D eigenvalue weighted by molar-refractivity contribution is -0.138. The molecular weight excluding hydrogens is 326 g/mol. The Hall–Kier alpha value is -2.86. The standard InChI is InChI=1S/C18H13NO4S/c20-18(8-6-12-5-7-14-15(9-12)23-11-22-14)21-10-17-19-13-3-1-2-4-16(13)24-17/h1-9H,10-11H2/b8-6+. The lowest BCUT2D eigenvalue weighted by Crippen LogP contribution is -2.00. The molecule has 0 aliphatic carbocycles. The molecule has 6 heteroatoms. The SMILES string of the molecule is O=C(/C=C/c1ccc2c(c1)OCO2)OCc1nc2ccccc2s1. The van der Waals surface area contributed by atoms with Crippen LogP contribution < -0.4 is 9.47 Å². The molecule has 0 fully saturated rings. The first-order chi connectivity index (χ1) is 11.8. The van der Waals surface area contributed by atoms with Crippen LogP contribution in [-0.4, -0.2) is 17.7 Å². The van der Waals surface area contributed by atoms with Gasteiger partial charge in [-0.1, -0.05) is 18.2 Å². The van der Waals surface area contributed by atoms with Gasteiger partial charge in [0.05, 0.1) is 10.2 Å². The predicted molar refractivity (Wildman–Crippen MR) is 91.0 cm³/mol. The van der Waals surface area contributed by atoms with Crippen LogP contribution in [0.25, 0.3) is 16.3 Å². The first-order valence-corrected chi connectivity index (χ1v) is 8.18. The van der Waals surface area contributed by atoms with Gasteiger partial charge in [0.15, 0.2) is 11.5 Å². The molecule has 24 heavy (non-hydrogen) atoms. The zero-order valence-electron chi connectivity index (χ0n) is 12.6. The average Bonchev–Trinajstić information content (AvgIpc) is 3.23. The molecule has 0 saturated heterocycles. The Morgan fingerprint density at radius 3 is 3.00 bits per heavy atom. The van der Waals surface area contributed by atoms with Crippen molar-refractivity contribution < 1.29 is 19.0 Å². The highest BCUT2D eigenvalue weighted by molar-refractivity contribution is 7.18. The lowest BCUT2D eigenvalue weighted by atomic mass is 10.2. The van der Waals surface area contributed by atoms with E-state index < -0.39 is 5.97 Å². The summed E-state index contributed by atoms with van der Waals surface area (Å²) in [5, 5.41) is 0.779. The van der Waals surface area contributed by atoms with Crippen molar-refractivity contribution in [2.45, 2.75) is 6.61 Å². The van der Waals surface area contributed by atoms with Crippen molar-refractivity contribution in [3.63, 3.8) is 0 Å². The van der Waals surface area contributed by atoms with Crippen LogP contribution in [0, 0.1) is 0 Å². The van der Waals surface area contributed by atoms with E-state index in [1.54, 1.807) is 6.08 Å². The van der Waals surface area contributed by atoms with Gasteiger partial charge in [0, 0.05) is 6.08 Å². The number of para-hydroxylation sites is 1. The summed E-state index contributed by atoms with van der Waals surface area (Å²) >= 11 is 1.52. The normalized spacial score (nSPS) is 12.8. The van der Waals surface area contributed by atoms with Gasteiger partial charge in [-0.05, 0) is 35.9 Å². The quantitative estimate of drug-likeness (QED) is 0.535. The van der Waals surface area contributed by atoms with Gasteiger partial charge in [-0.15, -0.1) is 11.3 Å². The van der Waals surface area contributed by atoms with Gasteiger partial charge in [-0.2, -0.15) is 0 Å². The van der Waals surface area contributed by atoms with Crippen LogP contribution in [-0.2, 0) is 16.1 Å². The Labute approximate surface area is 142 Å². The van der Waals surface area contributed by atoms with Gasteiger partial charge < -0.3 is 14.2 Å². The third-order valence-corrected chi connectivity index (χ3v) is 4.49. The smallest absolute Gasteiger partial charge is 0.331 e. The molecule has 1 aromatic heterocycles. The molecule has 4 rings (SSSR count). The second kappa shape index (κ2) is 6.33. The predicted octanol–water partition coefficient (Wildman–Crippen LogP) is 3.78. The van der Waals surface area contributed by atoms with Crippen LogP contribution in [0.5, 0.6) is 11.5 Å². The van der Waals surface area contributed by atoms with Gasteiger partial charge in [0.25, 0.3) is 0 Å². The molecule has 0 atom stereocenters. The molecule has 120 valence electrons. The highest BCUT2D eigenvalue weighted by atomic mass is 32.1. The van der Waals surface area contributed by atoms with Crippen LogP contribution in [0.4, 0.5) is 0 Å². The lowest BCUT2D eigenvalue weighted by Gasteiger charge is -1.99. The van der Waals surface area contributed by atoms with Crippen molar-refractivity contribution in [1.82, 2.24) is 4.98 Å². The molecule has 2 heterocycles. The van der Waals surface area contributed by atoms with Gasteiger partial charge >= 0.3 is 5.97 Å². The van der Waals surface area contributed by atoms with E-state index in [2.05, 4.69) is 4.98 Å². The molecular formula is C18H13NO4S. The minimum absolute atomic E-state index is 0.170. The Morgan fingerprint density at radius 2 is 2.08 bits per heavy atom. The molecule has 0 amide bonds. The number of aromatic nitrogens is 1. The topological polar surface area (TPSA) is 57.7 Å². The number of nitrogens with zero attached hydrogens (tertiary/aromatic N) is 1. The van der Waals surface area contributed by atoms with Gasteiger partial charge in [0.1, 0.15) is 11.6 Å². The maximum Gasteiger partial charge on any atom is 0.331 e. The summed E-state index contributed by atoms with van der Waals surface area (Å²) < 4.78 is 16.9. The molecule has 1 aliphatic rings. The third-order valence-electron chi connectivity index (χ3n) is 3.48. The van der Waals surface area contributed by atoms with E-state index in [-0.39, 0.29) is 13.4 Å². The Balaban J connectivity index is 1.37. The number of ether oxygens (including phenoxy) is 3.